The molecular weight excluding hydrogens is 358 g/mol. The quantitative estimate of drug-likeness (QED) is 0.559. The van der Waals surface area contributed by atoms with Crippen LogP contribution in [0.4, 0.5) is 5.69 Å². The van der Waals surface area contributed by atoms with Gasteiger partial charge in [-0.3, -0.25) is 9.69 Å². The average molecular weight is 384 g/mol. The Bertz CT molecular complexity index is 766. The van der Waals surface area contributed by atoms with E-state index < -0.39 is 15.7 Å². The standard InChI is InChI=1S/C17H26N3O5S/c1-4-19-8-6-7-12(19)11-20(22)17(21)13-9-16(26(23,24)5-2)14(18)10-15(13)25-3/h9-10,12H,4-8,11,18H2,1-3H3/q-1. The van der Waals surface area contributed by atoms with Crippen LogP contribution >= 0.6 is 0 Å². The molecule has 9 heteroatoms. The second kappa shape index (κ2) is 8.24. The summed E-state index contributed by atoms with van der Waals surface area (Å²) in [7, 11) is -2.29. The van der Waals surface area contributed by atoms with Gasteiger partial charge in [-0.2, -0.15) is 0 Å². The van der Waals surface area contributed by atoms with E-state index in [9.17, 15) is 18.4 Å². The van der Waals surface area contributed by atoms with E-state index in [1.54, 1.807) is 0 Å². The molecule has 26 heavy (non-hydrogen) atoms. The van der Waals surface area contributed by atoms with Gasteiger partial charge in [0.15, 0.2) is 9.84 Å². The fraction of sp³-hybridized carbons (Fsp3) is 0.588. The van der Waals surface area contributed by atoms with Gasteiger partial charge < -0.3 is 20.7 Å². The lowest BCUT2D eigenvalue weighted by Crippen LogP contribution is -2.40. The topological polar surface area (TPSA) is 116 Å². The second-order valence-corrected chi connectivity index (χ2v) is 8.53. The molecule has 0 aromatic heterocycles. The SMILES string of the molecule is CCN1CCCC1CN([O-])C(=O)c1cc(S(=O)(=O)CC)c(N)cc1OC. The van der Waals surface area contributed by atoms with Crippen molar-refractivity contribution in [3.8, 4) is 5.75 Å². The number of rotatable bonds is 7. The lowest BCUT2D eigenvalue weighted by atomic mass is 10.1. The van der Waals surface area contributed by atoms with Gasteiger partial charge in [0, 0.05) is 18.7 Å². The van der Waals surface area contributed by atoms with Crippen LogP contribution in [-0.4, -0.2) is 62.8 Å². The third kappa shape index (κ3) is 4.11. The number of likely N-dealkylation sites (N-methyl/N-ethyl adjacent to an activating group) is 1. The number of nitrogens with two attached hydrogens (primary N) is 1. The summed E-state index contributed by atoms with van der Waals surface area (Å²) in [5.41, 5.74) is 5.70. The number of carbonyl (C=O) groups is 1. The molecule has 1 aliphatic rings. The summed E-state index contributed by atoms with van der Waals surface area (Å²) < 4.78 is 29.5. The van der Waals surface area contributed by atoms with E-state index in [1.165, 1.54) is 20.1 Å². The van der Waals surface area contributed by atoms with Gasteiger partial charge in [-0.05, 0) is 32.0 Å². The Balaban J connectivity index is 2.33. The number of nitrogen functional groups attached to an aromatic ring is 1. The predicted molar refractivity (Wildman–Crippen MR) is 99.8 cm³/mol. The molecule has 0 spiro atoms. The van der Waals surface area contributed by atoms with Crippen LogP contribution in [0.2, 0.25) is 0 Å². The van der Waals surface area contributed by atoms with Gasteiger partial charge in [0.25, 0.3) is 0 Å². The van der Waals surface area contributed by atoms with Crippen molar-refractivity contribution < 1.29 is 17.9 Å². The molecule has 1 unspecified atom stereocenters. The van der Waals surface area contributed by atoms with Crippen LogP contribution in [0, 0.1) is 5.21 Å². The van der Waals surface area contributed by atoms with Crippen LogP contribution in [0.15, 0.2) is 17.0 Å². The molecule has 1 heterocycles. The van der Waals surface area contributed by atoms with E-state index in [-0.39, 0.29) is 40.2 Å². The highest BCUT2D eigenvalue weighted by molar-refractivity contribution is 7.91. The maximum absolute atomic E-state index is 12.7. The maximum atomic E-state index is 12.7. The normalized spacial score (nSPS) is 18.1. The average Bonchev–Trinajstić information content (AvgIpc) is 3.07. The molecule has 0 bridgehead atoms. The summed E-state index contributed by atoms with van der Waals surface area (Å²) in [6, 6.07) is 2.43. The highest BCUT2D eigenvalue weighted by atomic mass is 32.2. The van der Waals surface area contributed by atoms with Gasteiger partial charge in [-0.25, -0.2) is 8.42 Å². The van der Waals surface area contributed by atoms with Crippen LogP contribution in [-0.2, 0) is 9.84 Å². The third-order valence-electron chi connectivity index (χ3n) is 4.79. The highest BCUT2D eigenvalue weighted by Gasteiger charge is 2.27. The van der Waals surface area contributed by atoms with Gasteiger partial charge in [0.1, 0.15) is 5.75 Å². The number of anilines is 1. The molecule has 1 aromatic rings. The van der Waals surface area contributed by atoms with Crippen LogP contribution in [0.25, 0.3) is 0 Å². The van der Waals surface area contributed by atoms with E-state index in [0.717, 1.165) is 32.0 Å². The van der Waals surface area contributed by atoms with Crippen LogP contribution in [0.1, 0.15) is 37.0 Å². The van der Waals surface area contributed by atoms with E-state index in [4.69, 9.17) is 10.5 Å². The number of amides is 1. The smallest absolute Gasteiger partial charge is 0.247 e. The zero-order chi connectivity index (χ0) is 19.5. The number of likely N-dealkylation sites (tertiary alicyclic amines) is 1. The first-order valence-electron chi connectivity index (χ1n) is 8.68. The number of benzene rings is 1. The minimum absolute atomic E-state index is 0.00866. The Morgan fingerprint density at radius 3 is 2.69 bits per heavy atom. The van der Waals surface area contributed by atoms with Crippen molar-refractivity contribution in [1.82, 2.24) is 9.96 Å². The lowest BCUT2D eigenvalue weighted by Gasteiger charge is -2.34. The molecule has 1 aromatic carbocycles. The first-order chi connectivity index (χ1) is 12.2. The summed E-state index contributed by atoms with van der Waals surface area (Å²) >= 11 is 0. The van der Waals surface area contributed by atoms with Crippen LogP contribution < -0.4 is 10.5 Å². The highest BCUT2D eigenvalue weighted by Crippen LogP contribution is 2.30. The van der Waals surface area contributed by atoms with E-state index in [2.05, 4.69) is 4.90 Å². The van der Waals surface area contributed by atoms with Crippen molar-refractivity contribution in [3.63, 3.8) is 0 Å². The van der Waals surface area contributed by atoms with E-state index in [1.807, 2.05) is 6.92 Å². The zero-order valence-corrected chi connectivity index (χ0v) is 16.2. The molecule has 1 saturated heterocycles. The Morgan fingerprint density at radius 2 is 2.12 bits per heavy atom. The lowest BCUT2D eigenvalue weighted by molar-refractivity contribution is 0.0784. The molecule has 2 rings (SSSR count). The second-order valence-electron chi connectivity index (χ2n) is 6.28. The number of hydroxylamine groups is 2. The Kier molecular flexibility index (Phi) is 6.48. The third-order valence-corrected chi connectivity index (χ3v) is 6.57. The predicted octanol–water partition coefficient (Wildman–Crippen LogP) is 1.50. The molecular formula is C17H26N3O5S-. The first kappa shape index (κ1) is 20.5. The first-order valence-corrected chi connectivity index (χ1v) is 10.3. The molecule has 1 atom stereocenters. The van der Waals surface area contributed by atoms with Crippen LogP contribution in [0.3, 0.4) is 0 Å². The summed E-state index contributed by atoms with van der Waals surface area (Å²) in [4.78, 5) is 14.7. The van der Waals surface area contributed by atoms with Gasteiger partial charge in [0.05, 0.1) is 29.0 Å². The molecule has 0 saturated carbocycles. The zero-order valence-electron chi connectivity index (χ0n) is 15.4. The van der Waals surface area contributed by atoms with E-state index in [0.29, 0.717) is 5.06 Å². The molecule has 1 aliphatic heterocycles. The van der Waals surface area contributed by atoms with Crippen molar-refractivity contribution in [2.75, 3.05) is 38.2 Å². The molecule has 0 radical (unpaired) electrons. The minimum Gasteiger partial charge on any atom is -0.756 e. The van der Waals surface area contributed by atoms with Crippen molar-refractivity contribution in [3.05, 3.63) is 22.9 Å². The number of hydrogen-bond donors (Lipinski definition) is 1. The number of sulfone groups is 1. The number of nitrogens with zero attached hydrogens (tertiary/aromatic N) is 2. The Morgan fingerprint density at radius 1 is 1.42 bits per heavy atom. The number of hydrogen-bond acceptors (Lipinski definition) is 7. The monoisotopic (exact) mass is 384 g/mol. The molecule has 8 nitrogen and oxygen atoms in total. The van der Waals surface area contributed by atoms with Crippen LogP contribution in [0.5, 0.6) is 5.75 Å². The maximum Gasteiger partial charge on any atom is 0.247 e. The fourth-order valence-corrected chi connectivity index (χ4v) is 4.29. The fourth-order valence-electron chi connectivity index (χ4n) is 3.26. The Hall–Kier alpha value is -1.84. The molecule has 2 N–H and O–H groups in total. The number of ether oxygens (including phenoxy) is 1. The largest absolute Gasteiger partial charge is 0.756 e. The molecule has 1 fully saturated rings. The van der Waals surface area contributed by atoms with Crippen molar-refractivity contribution in [2.45, 2.75) is 37.6 Å². The summed E-state index contributed by atoms with van der Waals surface area (Å²) in [6.07, 6.45) is 1.85. The van der Waals surface area contributed by atoms with Crippen molar-refractivity contribution in [1.29, 1.82) is 0 Å². The molecule has 1 amide bonds. The summed E-state index contributed by atoms with van der Waals surface area (Å²) in [5.74, 6) is -0.897. The van der Waals surface area contributed by atoms with E-state index >= 15 is 0 Å². The summed E-state index contributed by atoms with van der Waals surface area (Å²) in [5, 5.41) is 12.8. The minimum atomic E-state index is -3.63. The van der Waals surface area contributed by atoms with Gasteiger partial charge in [-0.1, -0.05) is 13.8 Å². The van der Waals surface area contributed by atoms with Crippen molar-refractivity contribution >= 4 is 21.4 Å². The van der Waals surface area contributed by atoms with Crippen molar-refractivity contribution in [2.24, 2.45) is 0 Å². The number of carbonyl (C=O) groups excluding carboxylic acids is 1. The van der Waals surface area contributed by atoms with Gasteiger partial charge >= 0.3 is 0 Å². The summed E-state index contributed by atoms with van der Waals surface area (Å²) in [6.45, 7) is 5.26. The molecule has 146 valence electrons. The number of methoxy groups -OCH3 is 1. The van der Waals surface area contributed by atoms with Gasteiger partial charge in [-0.15, -0.1) is 0 Å². The van der Waals surface area contributed by atoms with Gasteiger partial charge in [0.2, 0.25) is 5.91 Å². The molecule has 0 aliphatic carbocycles. The Labute approximate surface area is 154 Å².